The molecule has 0 saturated heterocycles. The van der Waals surface area contributed by atoms with Crippen molar-refractivity contribution < 1.29 is 19.1 Å². The minimum absolute atomic E-state index is 0.0470. The van der Waals surface area contributed by atoms with Gasteiger partial charge in [-0.3, -0.25) is 15.7 Å². The Morgan fingerprint density at radius 3 is 2.46 bits per heavy atom. The monoisotopic (exact) mass is 381 g/mol. The normalized spacial score (nSPS) is 11.2. The lowest BCUT2D eigenvalue weighted by Crippen LogP contribution is -2.22. The average Bonchev–Trinajstić information content (AvgIpc) is 2.71. The highest BCUT2D eigenvalue weighted by Gasteiger charge is 2.14. The summed E-state index contributed by atoms with van der Waals surface area (Å²) in [5.41, 5.74) is 3.65. The van der Waals surface area contributed by atoms with Gasteiger partial charge in [0.25, 0.3) is 0 Å². The molecule has 144 valence electrons. The van der Waals surface area contributed by atoms with E-state index >= 15 is 0 Å². The predicted molar refractivity (Wildman–Crippen MR) is 104 cm³/mol. The Morgan fingerprint density at radius 1 is 1.07 bits per heavy atom. The van der Waals surface area contributed by atoms with Crippen LogP contribution in [0.15, 0.2) is 65.7 Å². The summed E-state index contributed by atoms with van der Waals surface area (Å²) in [4.78, 5) is 8.67. The van der Waals surface area contributed by atoms with Crippen LogP contribution in [0.4, 0.5) is 4.39 Å². The quantitative estimate of drug-likeness (QED) is 0.379. The van der Waals surface area contributed by atoms with Crippen molar-refractivity contribution in [3.8, 4) is 17.4 Å². The largest absolute Gasteiger partial charge is 0.497 e. The van der Waals surface area contributed by atoms with E-state index in [1.165, 1.54) is 6.07 Å². The Balaban J connectivity index is 1.90. The molecule has 1 aromatic heterocycles. The summed E-state index contributed by atoms with van der Waals surface area (Å²) in [6.07, 6.45) is 0. The maximum absolute atomic E-state index is 13.8. The van der Waals surface area contributed by atoms with Crippen LogP contribution in [0, 0.1) is 12.7 Å². The van der Waals surface area contributed by atoms with E-state index in [9.17, 15) is 9.60 Å². The van der Waals surface area contributed by atoms with Crippen molar-refractivity contribution in [2.24, 2.45) is 4.99 Å². The zero-order chi connectivity index (χ0) is 19.9. The van der Waals surface area contributed by atoms with Gasteiger partial charge in [-0.05, 0) is 49.4 Å². The first-order chi connectivity index (χ1) is 13.6. The Labute approximate surface area is 162 Å². The number of benzene rings is 2. The highest BCUT2D eigenvalue weighted by molar-refractivity contribution is 6.00. The lowest BCUT2D eigenvalue weighted by Gasteiger charge is -2.13. The lowest BCUT2D eigenvalue weighted by molar-refractivity contribution is 0.234. The lowest BCUT2D eigenvalue weighted by atomic mass is 10.2. The number of pyridine rings is 1. The van der Waals surface area contributed by atoms with Gasteiger partial charge < -0.3 is 9.47 Å². The summed E-state index contributed by atoms with van der Waals surface area (Å²) in [6, 6.07) is 16.9. The maximum Gasteiger partial charge on any atom is 0.230 e. The summed E-state index contributed by atoms with van der Waals surface area (Å²) in [6.45, 7) is 1.87. The maximum atomic E-state index is 13.8. The molecule has 0 spiro atoms. The molecule has 3 rings (SSSR count). The first-order valence-corrected chi connectivity index (χ1v) is 8.58. The van der Waals surface area contributed by atoms with Crippen molar-refractivity contribution in [3.63, 3.8) is 0 Å². The Kier molecular flexibility index (Phi) is 6.18. The summed E-state index contributed by atoms with van der Waals surface area (Å²) < 4.78 is 24.8. The van der Waals surface area contributed by atoms with Crippen molar-refractivity contribution >= 4 is 5.84 Å². The van der Waals surface area contributed by atoms with Gasteiger partial charge in [0.05, 0.1) is 19.2 Å². The number of methoxy groups -OCH3 is 1. The Bertz CT molecular complexity index is 975. The van der Waals surface area contributed by atoms with Crippen LogP contribution in [-0.2, 0) is 6.54 Å². The molecule has 3 aromatic rings. The van der Waals surface area contributed by atoms with Crippen molar-refractivity contribution in [3.05, 3.63) is 83.3 Å². The smallest absolute Gasteiger partial charge is 0.230 e. The van der Waals surface area contributed by atoms with Crippen LogP contribution in [-0.4, -0.2) is 23.1 Å². The summed E-state index contributed by atoms with van der Waals surface area (Å²) in [7, 11) is 1.58. The number of ether oxygens (including phenoxy) is 2. The fraction of sp³-hybridized carbons (Fsp3) is 0.143. The minimum atomic E-state index is -0.361. The van der Waals surface area contributed by atoms with Gasteiger partial charge in [0.2, 0.25) is 5.88 Å². The van der Waals surface area contributed by atoms with Crippen molar-refractivity contribution in [2.75, 3.05) is 7.11 Å². The Hall–Kier alpha value is -3.45. The molecule has 7 heteroatoms. The SMILES string of the molecule is COc1ccc(Oc2nc(C)ccc2C(=NCc2ccccc2F)NO)cc1. The number of aromatic nitrogens is 1. The van der Waals surface area contributed by atoms with Crippen molar-refractivity contribution in [1.29, 1.82) is 0 Å². The van der Waals surface area contributed by atoms with Gasteiger partial charge in [-0.15, -0.1) is 0 Å². The van der Waals surface area contributed by atoms with E-state index < -0.39 is 0 Å². The van der Waals surface area contributed by atoms with Crippen LogP contribution in [0.1, 0.15) is 16.8 Å². The van der Waals surface area contributed by atoms with Crippen molar-refractivity contribution in [1.82, 2.24) is 10.5 Å². The first-order valence-electron chi connectivity index (χ1n) is 8.58. The fourth-order valence-electron chi connectivity index (χ4n) is 2.52. The molecule has 0 aliphatic heterocycles. The minimum Gasteiger partial charge on any atom is -0.497 e. The van der Waals surface area contributed by atoms with E-state index in [1.807, 2.05) is 6.92 Å². The van der Waals surface area contributed by atoms with Crippen LogP contribution < -0.4 is 15.0 Å². The summed E-state index contributed by atoms with van der Waals surface area (Å²) in [5.74, 6) is 1.28. The standard InChI is InChI=1S/C21H20FN3O3/c1-14-7-12-18(20(25-26)23-13-15-5-3-4-6-19(15)22)21(24-14)28-17-10-8-16(27-2)9-11-17/h3-12,26H,13H2,1-2H3,(H,23,25). The molecule has 28 heavy (non-hydrogen) atoms. The zero-order valence-electron chi connectivity index (χ0n) is 15.5. The van der Waals surface area contributed by atoms with E-state index in [2.05, 4.69) is 15.5 Å². The Morgan fingerprint density at radius 2 is 1.79 bits per heavy atom. The second kappa shape index (κ2) is 8.96. The number of nitrogens with zero attached hydrogens (tertiary/aromatic N) is 2. The number of hydrogen-bond acceptors (Lipinski definition) is 5. The third kappa shape index (κ3) is 4.63. The molecule has 0 atom stereocenters. The van der Waals surface area contributed by atoms with Crippen molar-refractivity contribution in [2.45, 2.75) is 13.5 Å². The molecule has 2 aromatic carbocycles. The van der Waals surface area contributed by atoms with Crippen LogP contribution in [0.25, 0.3) is 0 Å². The topological polar surface area (TPSA) is 76.0 Å². The number of aryl methyl sites for hydroxylation is 1. The number of hydrogen-bond donors (Lipinski definition) is 2. The number of aliphatic imine (C=N–C) groups is 1. The van der Waals surface area contributed by atoms with Crippen LogP contribution in [0.3, 0.4) is 0 Å². The second-order valence-corrected chi connectivity index (χ2v) is 5.95. The first kappa shape index (κ1) is 19.3. The van der Waals surface area contributed by atoms with Gasteiger partial charge >= 0.3 is 0 Å². The fourth-order valence-corrected chi connectivity index (χ4v) is 2.52. The van der Waals surface area contributed by atoms with Gasteiger partial charge in [0.1, 0.15) is 17.3 Å². The molecular weight excluding hydrogens is 361 g/mol. The molecule has 0 unspecified atom stereocenters. The third-order valence-electron chi connectivity index (χ3n) is 4.00. The van der Waals surface area contributed by atoms with Gasteiger partial charge in [0, 0.05) is 11.3 Å². The van der Waals surface area contributed by atoms with Crippen LogP contribution >= 0.6 is 0 Å². The van der Waals surface area contributed by atoms with Gasteiger partial charge in [-0.1, -0.05) is 18.2 Å². The van der Waals surface area contributed by atoms with Crippen LogP contribution in [0.2, 0.25) is 0 Å². The average molecular weight is 381 g/mol. The predicted octanol–water partition coefficient (Wildman–Crippen LogP) is 4.26. The number of amidine groups is 1. The van der Waals surface area contributed by atoms with E-state index in [1.54, 1.807) is 61.7 Å². The third-order valence-corrected chi connectivity index (χ3v) is 4.00. The number of halogens is 1. The summed E-state index contributed by atoms with van der Waals surface area (Å²) in [5, 5.41) is 9.58. The number of rotatable bonds is 6. The zero-order valence-corrected chi connectivity index (χ0v) is 15.5. The number of hydroxylamine groups is 1. The molecule has 0 bridgehead atoms. The van der Waals surface area contributed by atoms with Gasteiger partial charge in [0.15, 0.2) is 5.84 Å². The van der Waals surface area contributed by atoms with Crippen LogP contribution in [0.5, 0.6) is 17.4 Å². The second-order valence-electron chi connectivity index (χ2n) is 5.95. The van der Waals surface area contributed by atoms with E-state index in [0.29, 0.717) is 22.6 Å². The molecule has 0 aliphatic carbocycles. The van der Waals surface area contributed by atoms with Gasteiger partial charge in [-0.2, -0.15) is 0 Å². The number of nitrogens with one attached hydrogen (secondary N) is 1. The molecule has 1 heterocycles. The highest BCUT2D eigenvalue weighted by atomic mass is 19.1. The molecule has 0 aliphatic rings. The van der Waals surface area contributed by atoms with Gasteiger partial charge in [-0.25, -0.2) is 9.37 Å². The van der Waals surface area contributed by atoms with E-state index in [4.69, 9.17) is 9.47 Å². The van der Waals surface area contributed by atoms with E-state index in [0.717, 1.165) is 5.69 Å². The molecule has 0 radical (unpaired) electrons. The molecule has 0 fully saturated rings. The van der Waals surface area contributed by atoms with E-state index in [-0.39, 0.29) is 24.1 Å². The molecule has 0 saturated carbocycles. The molecular formula is C21H20FN3O3. The highest BCUT2D eigenvalue weighted by Crippen LogP contribution is 2.26. The summed E-state index contributed by atoms with van der Waals surface area (Å²) >= 11 is 0. The molecule has 2 N–H and O–H groups in total. The molecule has 0 amide bonds. The molecule has 6 nitrogen and oxygen atoms in total.